The van der Waals surface area contributed by atoms with Crippen LogP contribution < -0.4 is 5.73 Å². The highest BCUT2D eigenvalue weighted by Gasteiger charge is 2.23. The number of aromatic nitrogens is 3. The molecule has 0 spiro atoms. The first-order chi connectivity index (χ1) is 10.3. The molecule has 1 fully saturated rings. The predicted octanol–water partition coefficient (Wildman–Crippen LogP) is 4.06. The van der Waals surface area contributed by atoms with E-state index in [1.165, 1.54) is 38.5 Å². The smallest absolute Gasteiger partial charge is 0.0953 e. The number of hydrogen-bond donors (Lipinski definition) is 1. The molecule has 0 amide bonds. The fourth-order valence-corrected chi connectivity index (χ4v) is 3.54. The van der Waals surface area contributed by atoms with Gasteiger partial charge >= 0.3 is 0 Å². The van der Waals surface area contributed by atoms with E-state index < -0.39 is 0 Å². The molecule has 1 aliphatic carbocycles. The van der Waals surface area contributed by atoms with Crippen molar-refractivity contribution >= 4 is 5.69 Å². The molecule has 0 radical (unpaired) electrons. The zero-order valence-corrected chi connectivity index (χ0v) is 12.7. The lowest BCUT2D eigenvalue weighted by Crippen LogP contribution is -2.18. The van der Waals surface area contributed by atoms with Crippen LogP contribution in [0.5, 0.6) is 0 Å². The zero-order valence-electron chi connectivity index (χ0n) is 12.7. The maximum Gasteiger partial charge on any atom is 0.0953 e. The summed E-state index contributed by atoms with van der Waals surface area (Å²) in [5, 5.41) is 0. The molecular formula is C17H24N4. The van der Waals surface area contributed by atoms with E-state index in [1.807, 2.05) is 24.8 Å². The van der Waals surface area contributed by atoms with E-state index in [2.05, 4.69) is 21.5 Å². The van der Waals surface area contributed by atoms with E-state index in [9.17, 15) is 0 Å². The first kappa shape index (κ1) is 14.1. The van der Waals surface area contributed by atoms with Crippen molar-refractivity contribution in [2.45, 2.75) is 51.5 Å². The Labute approximate surface area is 126 Å². The van der Waals surface area contributed by atoms with Crippen LogP contribution in [0.2, 0.25) is 0 Å². The molecule has 0 aromatic carbocycles. The van der Waals surface area contributed by atoms with Crippen LogP contribution in [0.25, 0.3) is 11.3 Å². The van der Waals surface area contributed by atoms with Crippen LogP contribution in [0.15, 0.2) is 31.0 Å². The van der Waals surface area contributed by atoms with E-state index >= 15 is 0 Å². The van der Waals surface area contributed by atoms with Gasteiger partial charge in [0.2, 0.25) is 0 Å². The molecule has 0 bridgehead atoms. The molecular weight excluding hydrogens is 260 g/mol. The van der Waals surface area contributed by atoms with Crippen LogP contribution in [-0.4, -0.2) is 14.5 Å². The minimum atomic E-state index is 0.551. The Balaban J connectivity index is 1.79. The fraction of sp³-hybridized carbons (Fsp3) is 0.529. The van der Waals surface area contributed by atoms with Crippen LogP contribution in [0.1, 0.15) is 51.5 Å². The third kappa shape index (κ3) is 2.94. The van der Waals surface area contributed by atoms with Crippen molar-refractivity contribution in [1.82, 2.24) is 14.5 Å². The Bertz CT molecular complexity index is 582. The van der Waals surface area contributed by atoms with Gasteiger partial charge in [0.1, 0.15) is 0 Å². The minimum Gasteiger partial charge on any atom is -0.398 e. The average molecular weight is 284 g/mol. The first-order valence-corrected chi connectivity index (χ1v) is 8.01. The summed E-state index contributed by atoms with van der Waals surface area (Å²) in [6, 6.07) is 2.40. The van der Waals surface area contributed by atoms with E-state index in [0.717, 1.165) is 22.9 Å². The Hall–Kier alpha value is -1.84. The molecule has 1 saturated carbocycles. The van der Waals surface area contributed by atoms with Gasteiger partial charge in [-0.2, -0.15) is 0 Å². The van der Waals surface area contributed by atoms with Gasteiger partial charge in [0.15, 0.2) is 0 Å². The van der Waals surface area contributed by atoms with E-state index in [0.29, 0.717) is 6.04 Å². The van der Waals surface area contributed by atoms with Gasteiger partial charge in [-0.1, -0.05) is 19.8 Å². The van der Waals surface area contributed by atoms with Gasteiger partial charge in [-0.3, -0.25) is 4.98 Å². The molecule has 0 saturated heterocycles. The predicted molar refractivity (Wildman–Crippen MR) is 85.8 cm³/mol. The molecule has 0 atom stereocenters. The van der Waals surface area contributed by atoms with E-state index in [4.69, 9.17) is 5.73 Å². The Morgan fingerprint density at radius 3 is 2.71 bits per heavy atom. The van der Waals surface area contributed by atoms with Gasteiger partial charge in [-0.25, -0.2) is 4.98 Å². The number of hydrogen-bond acceptors (Lipinski definition) is 3. The molecule has 21 heavy (non-hydrogen) atoms. The molecule has 2 aromatic heterocycles. The summed E-state index contributed by atoms with van der Waals surface area (Å²) in [7, 11) is 0. The maximum absolute atomic E-state index is 6.09. The number of rotatable bonds is 4. The summed E-state index contributed by atoms with van der Waals surface area (Å²) >= 11 is 0. The number of nitrogen functional groups attached to an aromatic ring is 1. The monoisotopic (exact) mass is 284 g/mol. The summed E-state index contributed by atoms with van der Waals surface area (Å²) < 4.78 is 2.30. The number of anilines is 1. The summed E-state index contributed by atoms with van der Waals surface area (Å²) in [6.07, 6.45) is 15.3. The Kier molecular flexibility index (Phi) is 4.23. The molecule has 1 aliphatic rings. The minimum absolute atomic E-state index is 0.551. The lowest BCUT2D eigenvalue weighted by Gasteiger charge is -2.30. The zero-order chi connectivity index (χ0) is 14.7. The highest BCUT2D eigenvalue weighted by atomic mass is 15.1. The van der Waals surface area contributed by atoms with Gasteiger partial charge in [0.25, 0.3) is 0 Å². The van der Waals surface area contributed by atoms with Crippen LogP contribution >= 0.6 is 0 Å². The SMILES string of the molecule is CCCC1CCC(n2cncc2-c2cnccc2N)CC1. The largest absolute Gasteiger partial charge is 0.398 e. The second kappa shape index (κ2) is 6.29. The van der Waals surface area contributed by atoms with Gasteiger partial charge < -0.3 is 10.3 Å². The molecule has 2 N–H and O–H groups in total. The molecule has 2 heterocycles. The van der Waals surface area contributed by atoms with Crippen molar-refractivity contribution in [2.24, 2.45) is 5.92 Å². The van der Waals surface area contributed by atoms with Crippen LogP contribution in [0, 0.1) is 5.92 Å². The molecule has 2 aromatic rings. The number of imidazole rings is 1. The van der Waals surface area contributed by atoms with Gasteiger partial charge in [0, 0.05) is 29.7 Å². The van der Waals surface area contributed by atoms with Crippen molar-refractivity contribution in [3.8, 4) is 11.3 Å². The topological polar surface area (TPSA) is 56.7 Å². The lowest BCUT2D eigenvalue weighted by atomic mass is 9.83. The normalized spacial score (nSPS) is 22.3. The van der Waals surface area contributed by atoms with Crippen LogP contribution in [-0.2, 0) is 0 Å². The highest BCUT2D eigenvalue weighted by molar-refractivity contribution is 5.72. The molecule has 4 nitrogen and oxygen atoms in total. The van der Waals surface area contributed by atoms with E-state index in [1.54, 1.807) is 6.20 Å². The van der Waals surface area contributed by atoms with Crippen molar-refractivity contribution in [1.29, 1.82) is 0 Å². The lowest BCUT2D eigenvalue weighted by molar-refractivity contribution is 0.263. The molecule has 112 valence electrons. The summed E-state index contributed by atoms with van der Waals surface area (Å²) in [6.45, 7) is 2.28. The first-order valence-electron chi connectivity index (χ1n) is 8.01. The van der Waals surface area contributed by atoms with Crippen LogP contribution in [0.4, 0.5) is 5.69 Å². The van der Waals surface area contributed by atoms with Crippen molar-refractivity contribution in [3.05, 3.63) is 31.0 Å². The number of nitrogens with two attached hydrogens (primary N) is 1. The maximum atomic E-state index is 6.09. The fourth-order valence-electron chi connectivity index (χ4n) is 3.54. The van der Waals surface area contributed by atoms with Crippen molar-refractivity contribution in [3.63, 3.8) is 0 Å². The standard InChI is InChI=1S/C17H24N4/c1-2-3-13-4-6-14(7-5-13)21-12-20-11-17(21)15-10-19-9-8-16(15)18/h8-14H,2-7H2,1H3,(H2,18,19). The third-order valence-corrected chi connectivity index (χ3v) is 4.70. The van der Waals surface area contributed by atoms with Crippen molar-refractivity contribution in [2.75, 3.05) is 5.73 Å². The van der Waals surface area contributed by atoms with Gasteiger partial charge in [-0.15, -0.1) is 0 Å². The average Bonchev–Trinajstić information content (AvgIpc) is 2.98. The summed E-state index contributed by atoms with van der Waals surface area (Å²) in [5.41, 5.74) is 8.95. The quantitative estimate of drug-likeness (QED) is 0.921. The highest BCUT2D eigenvalue weighted by Crippen LogP contribution is 2.37. The summed E-state index contributed by atoms with van der Waals surface area (Å²) in [4.78, 5) is 8.55. The molecule has 4 heteroatoms. The van der Waals surface area contributed by atoms with Gasteiger partial charge in [0.05, 0.1) is 18.2 Å². The van der Waals surface area contributed by atoms with Gasteiger partial charge in [-0.05, 0) is 37.7 Å². The van der Waals surface area contributed by atoms with Crippen LogP contribution in [0.3, 0.4) is 0 Å². The molecule has 0 unspecified atom stereocenters. The number of pyridine rings is 1. The Morgan fingerprint density at radius 1 is 1.19 bits per heavy atom. The molecule has 3 rings (SSSR count). The van der Waals surface area contributed by atoms with Crippen molar-refractivity contribution < 1.29 is 0 Å². The molecule has 0 aliphatic heterocycles. The number of nitrogens with zero attached hydrogens (tertiary/aromatic N) is 3. The third-order valence-electron chi connectivity index (χ3n) is 4.70. The Morgan fingerprint density at radius 2 is 2.00 bits per heavy atom. The second-order valence-corrected chi connectivity index (χ2v) is 6.11. The summed E-state index contributed by atoms with van der Waals surface area (Å²) in [5.74, 6) is 0.918. The van der Waals surface area contributed by atoms with E-state index in [-0.39, 0.29) is 0 Å². The second-order valence-electron chi connectivity index (χ2n) is 6.11.